The third kappa shape index (κ3) is 9.30. The molecule has 1 amide bonds. The molecule has 0 spiro atoms. The second-order valence-corrected chi connectivity index (χ2v) is 6.91. The van der Waals surface area contributed by atoms with Gasteiger partial charge in [-0.15, -0.1) is 11.8 Å². The van der Waals surface area contributed by atoms with Crippen LogP contribution in [0.4, 0.5) is 0 Å². The highest BCUT2D eigenvalue weighted by atomic mass is 32.2. The molecule has 0 aliphatic heterocycles. The standard InChI is InChI=1S/C13H21NO4S/c1-9(16)14-12(19-13(3,4)5)11(7-6-8-15)18-10(2)17/h6-8,11-12H,1-5H3,(H,14,16)/b7-6+/t11-,12+/m1/s1. The molecule has 0 aromatic rings. The monoisotopic (exact) mass is 287 g/mol. The minimum absolute atomic E-state index is 0.138. The van der Waals surface area contributed by atoms with Crippen molar-refractivity contribution in [3.8, 4) is 0 Å². The van der Waals surface area contributed by atoms with E-state index in [0.717, 1.165) is 0 Å². The van der Waals surface area contributed by atoms with Crippen LogP contribution in [-0.2, 0) is 19.1 Å². The molecule has 0 aromatic carbocycles. The van der Waals surface area contributed by atoms with Crippen molar-refractivity contribution < 1.29 is 19.1 Å². The Hall–Kier alpha value is -1.30. The van der Waals surface area contributed by atoms with E-state index < -0.39 is 17.4 Å². The van der Waals surface area contributed by atoms with E-state index in [0.29, 0.717) is 6.29 Å². The van der Waals surface area contributed by atoms with Crippen molar-refractivity contribution in [2.45, 2.75) is 50.8 Å². The topological polar surface area (TPSA) is 72.5 Å². The van der Waals surface area contributed by atoms with Gasteiger partial charge in [0.1, 0.15) is 17.8 Å². The van der Waals surface area contributed by atoms with E-state index in [4.69, 9.17) is 4.74 Å². The summed E-state index contributed by atoms with van der Waals surface area (Å²) in [7, 11) is 0. The van der Waals surface area contributed by atoms with Crippen LogP contribution in [0, 0.1) is 0 Å². The number of hydrogen-bond acceptors (Lipinski definition) is 5. The molecular weight excluding hydrogens is 266 g/mol. The molecular formula is C13H21NO4S. The Kier molecular flexibility index (Phi) is 7.44. The Bertz CT molecular complexity index is 360. The lowest BCUT2D eigenvalue weighted by Crippen LogP contribution is -2.43. The summed E-state index contributed by atoms with van der Waals surface area (Å²) >= 11 is 1.45. The molecule has 0 heterocycles. The first-order chi connectivity index (χ1) is 8.65. The van der Waals surface area contributed by atoms with Gasteiger partial charge in [0, 0.05) is 18.6 Å². The first kappa shape index (κ1) is 17.7. The predicted octanol–water partition coefficient (Wildman–Crippen LogP) is 1.67. The normalized spacial score (nSPS) is 14.8. The van der Waals surface area contributed by atoms with Gasteiger partial charge in [-0.1, -0.05) is 20.8 Å². The second-order valence-electron chi connectivity index (χ2n) is 4.95. The molecule has 5 nitrogen and oxygen atoms in total. The Labute approximate surface area is 118 Å². The lowest BCUT2D eigenvalue weighted by atomic mass is 10.2. The summed E-state index contributed by atoms with van der Waals surface area (Å²) in [5, 5.41) is 2.28. The van der Waals surface area contributed by atoms with Crippen molar-refractivity contribution in [2.75, 3.05) is 0 Å². The third-order valence-electron chi connectivity index (χ3n) is 1.81. The van der Waals surface area contributed by atoms with Gasteiger partial charge in [0.15, 0.2) is 0 Å². The van der Waals surface area contributed by atoms with E-state index in [1.807, 2.05) is 20.8 Å². The molecule has 0 aliphatic rings. The first-order valence-electron chi connectivity index (χ1n) is 5.90. The number of nitrogens with one attached hydrogen (secondary N) is 1. The summed E-state index contributed by atoms with van der Waals surface area (Å²) in [5.41, 5.74) is 0. The van der Waals surface area contributed by atoms with Crippen molar-refractivity contribution >= 4 is 29.9 Å². The maximum atomic E-state index is 11.2. The van der Waals surface area contributed by atoms with Crippen LogP contribution >= 0.6 is 11.8 Å². The maximum absolute atomic E-state index is 11.2. The van der Waals surface area contributed by atoms with Crippen LogP contribution in [0.15, 0.2) is 12.2 Å². The van der Waals surface area contributed by atoms with Gasteiger partial charge in [-0.3, -0.25) is 14.4 Å². The Morgan fingerprint density at radius 2 is 1.84 bits per heavy atom. The summed E-state index contributed by atoms with van der Waals surface area (Å²) in [4.78, 5) is 32.8. The molecule has 0 rings (SSSR count). The molecule has 0 aromatic heterocycles. The fourth-order valence-corrected chi connectivity index (χ4v) is 2.58. The second kappa shape index (κ2) is 7.99. The van der Waals surface area contributed by atoms with Gasteiger partial charge in [0.2, 0.25) is 5.91 Å². The average molecular weight is 287 g/mol. The highest BCUT2D eigenvalue weighted by molar-refractivity contribution is 8.01. The van der Waals surface area contributed by atoms with Gasteiger partial charge in [0.25, 0.3) is 0 Å². The summed E-state index contributed by atoms with van der Waals surface area (Å²) in [6, 6.07) is 0. The van der Waals surface area contributed by atoms with Crippen LogP contribution in [0.2, 0.25) is 0 Å². The number of allylic oxidation sites excluding steroid dienone is 1. The predicted molar refractivity (Wildman–Crippen MR) is 75.7 cm³/mol. The van der Waals surface area contributed by atoms with Gasteiger partial charge >= 0.3 is 5.97 Å². The van der Waals surface area contributed by atoms with Crippen LogP contribution in [0.5, 0.6) is 0 Å². The number of esters is 1. The molecule has 0 aliphatic carbocycles. The molecule has 0 bridgehead atoms. The third-order valence-corrected chi connectivity index (χ3v) is 3.15. The number of thioether (sulfide) groups is 1. The van der Waals surface area contributed by atoms with Crippen LogP contribution < -0.4 is 5.32 Å². The number of hydrogen-bond donors (Lipinski definition) is 1. The van der Waals surface area contributed by atoms with Crippen LogP contribution in [-0.4, -0.2) is 34.4 Å². The van der Waals surface area contributed by atoms with Crippen LogP contribution in [0.1, 0.15) is 34.6 Å². The first-order valence-corrected chi connectivity index (χ1v) is 6.78. The van der Waals surface area contributed by atoms with Gasteiger partial charge in [-0.05, 0) is 12.2 Å². The lowest BCUT2D eigenvalue weighted by Gasteiger charge is -2.30. The van der Waals surface area contributed by atoms with E-state index in [2.05, 4.69) is 5.32 Å². The average Bonchev–Trinajstić information content (AvgIpc) is 2.20. The van der Waals surface area contributed by atoms with Crippen molar-refractivity contribution in [1.29, 1.82) is 0 Å². The Morgan fingerprint density at radius 3 is 2.21 bits per heavy atom. The zero-order chi connectivity index (χ0) is 15.1. The van der Waals surface area contributed by atoms with Crippen LogP contribution in [0.25, 0.3) is 0 Å². The van der Waals surface area contributed by atoms with Crippen molar-refractivity contribution in [3.63, 3.8) is 0 Å². The Balaban J connectivity index is 5.08. The lowest BCUT2D eigenvalue weighted by molar-refractivity contribution is -0.145. The number of ether oxygens (including phenoxy) is 1. The Morgan fingerprint density at radius 1 is 1.26 bits per heavy atom. The van der Waals surface area contributed by atoms with Gasteiger partial charge in [-0.25, -0.2) is 0 Å². The number of carbonyl (C=O) groups excluding carboxylic acids is 3. The summed E-state index contributed by atoms with van der Waals surface area (Å²) in [6.45, 7) is 8.64. The summed E-state index contributed by atoms with van der Waals surface area (Å²) in [6.07, 6.45) is 2.64. The van der Waals surface area contributed by atoms with Gasteiger partial charge in [-0.2, -0.15) is 0 Å². The maximum Gasteiger partial charge on any atom is 0.303 e. The minimum Gasteiger partial charge on any atom is -0.455 e. The number of amides is 1. The SMILES string of the molecule is CC(=O)N[C@@H](SC(C)(C)C)[C@@H](/C=C/C=O)OC(C)=O. The highest BCUT2D eigenvalue weighted by Gasteiger charge is 2.28. The number of rotatable bonds is 6. The highest BCUT2D eigenvalue weighted by Crippen LogP contribution is 2.30. The molecule has 6 heteroatoms. The molecule has 108 valence electrons. The summed E-state index contributed by atoms with van der Waals surface area (Å²) in [5.74, 6) is -0.691. The molecule has 19 heavy (non-hydrogen) atoms. The van der Waals surface area contributed by atoms with Gasteiger partial charge < -0.3 is 10.1 Å². The molecule has 2 atom stereocenters. The molecule has 0 radical (unpaired) electrons. The van der Waals surface area contributed by atoms with E-state index in [-0.39, 0.29) is 10.7 Å². The fourth-order valence-electron chi connectivity index (χ4n) is 1.31. The largest absolute Gasteiger partial charge is 0.455 e. The molecule has 1 N–H and O–H groups in total. The van der Waals surface area contributed by atoms with E-state index >= 15 is 0 Å². The summed E-state index contributed by atoms with van der Waals surface area (Å²) < 4.78 is 5.00. The van der Waals surface area contributed by atoms with Crippen LogP contribution in [0.3, 0.4) is 0 Å². The molecule has 0 saturated heterocycles. The molecule has 0 unspecified atom stereocenters. The van der Waals surface area contributed by atoms with Crippen molar-refractivity contribution in [2.24, 2.45) is 0 Å². The molecule has 0 fully saturated rings. The van der Waals surface area contributed by atoms with E-state index in [1.165, 1.54) is 37.8 Å². The zero-order valence-corrected chi connectivity index (χ0v) is 12.7. The quantitative estimate of drug-likeness (QED) is 0.348. The van der Waals surface area contributed by atoms with Crippen molar-refractivity contribution in [3.05, 3.63) is 12.2 Å². The van der Waals surface area contributed by atoms with Gasteiger partial charge in [0.05, 0.1) is 0 Å². The smallest absolute Gasteiger partial charge is 0.303 e. The minimum atomic E-state index is -0.684. The number of aldehydes is 1. The molecule has 0 saturated carbocycles. The van der Waals surface area contributed by atoms with Crippen molar-refractivity contribution in [1.82, 2.24) is 5.32 Å². The number of carbonyl (C=O) groups is 3. The zero-order valence-electron chi connectivity index (χ0n) is 11.9. The van der Waals surface area contributed by atoms with E-state index in [1.54, 1.807) is 0 Å². The fraction of sp³-hybridized carbons (Fsp3) is 0.615. The van der Waals surface area contributed by atoms with E-state index in [9.17, 15) is 14.4 Å².